The zero-order valence-electron chi connectivity index (χ0n) is 6.81. The number of halogens is 2. The molecular weight excluding hydrogens is 331 g/mol. The van der Waals surface area contributed by atoms with E-state index >= 15 is 0 Å². The molecule has 1 aromatic carbocycles. The molecule has 0 atom stereocenters. The van der Waals surface area contributed by atoms with Crippen LogP contribution in [0.2, 0.25) is 0 Å². The number of hydrogen-bond donors (Lipinski definition) is 0. The summed E-state index contributed by atoms with van der Waals surface area (Å²) in [6.45, 7) is 0. The average molecular weight is 341 g/mol. The molecule has 0 bridgehead atoms. The van der Waals surface area contributed by atoms with Gasteiger partial charge in [-0.15, -0.1) is 0 Å². The summed E-state index contributed by atoms with van der Waals surface area (Å²) in [7, 11) is 1.68. The lowest BCUT2D eigenvalue weighted by atomic mass is 10.2. The maximum Gasteiger partial charge on any atom is 0.133 e. The van der Waals surface area contributed by atoms with E-state index < -0.39 is 0 Å². The van der Waals surface area contributed by atoms with E-state index in [4.69, 9.17) is 4.74 Å². The van der Waals surface area contributed by atoms with Gasteiger partial charge < -0.3 is 4.74 Å². The molecule has 66 valence electrons. The molecule has 0 unspecified atom stereocenters. The fourth-order valence-electron chi connectivity index (χ4n) is 0.975. The van der Waals surface area contributed by atoms with Crippen LogP contribution in [-0.4, -0.2) is 11.5 Å². The highest BCUT2D eigenvalue weighted by Gasteiger charge is 1.99. The molecule has 0 aliphatic carbocycles. The van der Waals surface area contributed by atoms with Crippen molar-refractivity contribution in [3.05, 3.63) is 28.2 Å². The van der Waals surface area contributed by atoms with Gasteiger partial charge in [0, 0.05) is 4.43 Å². The highest BCUT2D eigenvalue weighted by Crippen LogP contribution is 2.25. The molecule has 1 nitrogen and oxygen atoms in total. The zero-order valence-corrected chi connectivity index (χ0v) is 10.6. The first-order chi connectivity index (χ1) is 5.77. The van der Waals surface area contributed by atoms with Crippen molar-refractivity contribution in [2.24, 2.45) is 0 Å². The van der Waals surface area contributed by atoms with E-state index in [0.29, 0.717) is 0 Å². The number of ether oxygens (including phenoxy) is 1. The molecule has 3 heteroatoms. The lowest BCUT2D eigenvalue weighted by Crippen LogP contribution is -1.88. The van der Waals surface area contributed by atoms with Gasteiger partial charge in [0.05, 0.1) is 11.6 Å². The van der Waals surface area contributed by atoms with Crippen molar-refractivity contribution >= 4 is 38.5 Å². The lowest BCUT2D eigenvalue weighted by Gasteiger charge is -2.04. The van der Waals surface area contributed by atoms with Gasteiger partial charge in [-0.3, -0.25) is 0 Å². The molecule has 0 radical (unpaired) electrons. The van der Waals surface area contributed by atoms with Gasteiger partial charge in [0.1, 0.15) is 5.75 Å². The lowest BCUT2D eigenvalue weighted by molar-refractivity contribution is 0.412. The molecule has 0 saturated carbocycles. The quantitative estimate of drug-likeness (QED) is 0.605. The molecule has 1 rings (SSSR count). The van der Waals surface area contributed by atoms with Crippen molar-refractivity contribution in [1.29, 1.82) is 0 Å². The first-order valence-corrected chi connectivity index (χ1v) is 5.98. The topological polar surface area (TPSA) is 9.23 Å². The summed E-state index contributed by atoms with van der Waals surface area (Å²) in [6.07, 6.45) is 1.11. The summed E-state index contributed by atoms with van der Waals surface area (Å²) in [5.41, 5.74) is 1.34. The van der Waals surface area contributed by atoms with E-state index in [0.717, 1.165) is 21.1 Å². The first kappa shape index (κ1) is 10.3. The van der Waals surface area contributed by atoms with Gasteiger partial charge in [0.15, 0.2) is 0 Å². The zero-order chi connectivity index (χ0) is 8.97. The van der Waals surface area contributed by atoms with Gasteiger partial charge in [-0.05, 0) is 40.0 Å². The fourth-order valence-corrected chi connectivity index (χ4v) is 2.19. The smallest absolute Gasteiger partial charge is 0.133 e. The summed E-state index contributed by atoms with van der Waals surface area (Å²) in [5.74, 6) is 0.896. The highest BCUT2D eigenvalue weighted by molar-refractivity contribution is 14.1. The third-order valence-corrected chi connectivity index (χ3v) is 2.76. The number of aryl methyl sites for hydroxylation is 1. The predicted molar refractivity (Wildman–Crippen MR) is 63.3 cm³/mol. The summed E-state index contributed by atoms with van der Waals surface area (Å²) in [6, 6.07) is 6.20. The van der Waals surface area contributed by atoms with E-state index in [9.17, 15) is 0 Å². The summed E-state index contributed by atoms with van der Waals surface area (Å²) < 4.78 is 7.31. The molecular formula is C9H10BrIO. The van der Waals surface area contributed by atoms with Crippen LogP contribution in [0.5, 0.6) is 5.75 Å². The number of methoxy groups -OCH3 is 1. The van der Waals surface area contributed by atoms with Crippen LogP contribution in [0.15, 0.2) is 22.7 Å². The fraction of sp³-hybridized carbons (Fsp3) is 0.333. The van der Waals surface area contributed by atoms with Crippen LogP contribution in [0.3, 0.4) is 0 Å². The van der Waals surface area contributed by atoms with Crippen LogP contribution >= 0.6 is 38.5 Å². The standard InChI is InChI=1S/C9H10BrIO/c1-12-9-3-2-7(4-5-11)6-8(9)10/h2-3,6H,4-5H2,1H3. The highest BCUT2D eigenvalue weighted by atomic mass is 127. The molecule has 0 aliphatic heterocycles. The van der Waals surface area contributed by atoms with E-state index in [1.165, 1.54) is 5.56 Å². The second-order valence-corrected chi connectivity index (χ2v) is 4.34. The predicted octanol–water partition coefficient (Wildman–Crippen LogP) is 3.44. The van der Waals surface area contributed by atoms with Crippen molar-refractivity contribution < 1.29 is 4.74 Å². The molecule has 0 saturated heterocycles. The third-order valence-electron chi connectivity index (χ3n) is 1.60. The second kappa shape index (κ2) is 5.07. The van der Waals surface area contributed by atoms with Crippen molar-refractivity contribution in [1.82, 2.24) is 0 Å². The first-order valence-electron chi connectivity index (χ1n) is 3.66. The second-order valence-electron chi connectivity index (χ2n) is 2.41. The van der Waals surface area contributed by atoms with Crippen LogP contribution in [0.25, 0.3) is 0 Å². The van der Waals surface area contributed by atoms with Crippen LogP contribution in [-0.2, 0) is 6.42 Å². The Hall–Kier alpha value is 0.230. The molecule has 0 heterocycles. The third kappa shape index (κ3) is 2.62. The van der Waals surface area contributed by atoms with Crippen LogP contribution in [0.4, 0.5) is 0 Å². The largest absolute Gasteiger partial charge is 0.496 e. The molecule has 12 heavy (non-hydrogen) atoms. The van der Waals surface area contributed by atoms with E-state index in [2.05, 4.69) is 50.7 Å². The minimum absolute atomic E-state index is 0.896. The van der Waals surface area contributed by atoms with Crippen molar-refractivity contribution in [2.75, 3.05) is 11.5 Å². The molecule has 0 aliphatic rings. The van der Waals surface area contributed by atoms with Crippen molar-refractivity contribution in [2.45, 2.75) is 6.42 Å². The van der Waals surface area contributed by atoms with Gasteiger partial charge in [0.25, 0.3) is 0 Å². The Labute approximate surface area is 94.8 Å². The minimum Gasteiger partial charge on any atom is -0.496 e. The Bertz CT molecular complexity index is 263. The molecule has 0 aromatic heterocycles. The van der Waals surface area contributed by atoms with Gasteiger partial charge in [0.2, 0.25) is 0 Å². The Kier molecular flexibility index (Phi) is 4.35. The van der Waals surface area contributed by atoms with Gasteiger partial charge in [-0.1, -0.05) is 28.7 Å². The van der Waals surface area contributed by atoms with E-state index in [1.54, 1.807) is 7.11 Å². The number of hydrogen-bond acceptors (Lipinski definition) is 1. The Balaban J connectivity index is 2.86. The van der Waals surface area contributed by atoms with Crippen LogP contribution in [0.1, 0.15) is 5.56 Å². The van der Waals surface area contributed by atoms with Crippen LogP contribution in [0, 0.1) is 0 Å². The van der Waals surface area contributed by atoms with Gasteiger partial charge in [-0.25, -0.2) is 0 Å². The molecule has 1 aromatic rings. The molecule has 0 amide bonds. The average Bonchev–Trinajstić information content (AvgIpc) is 2.05. The SMILES string of the molecule is COc1ccc(CCI)cc1Br. The van der Waals surface area contributed by atoms with E-state index in [-0.39, 0.29) is 0 Å². The number of alkyl halides is 1. The number of benzene rings is 1. The summed E-state index contributed by atoms with van der Waals surface area (Å²) in [5, 5.41) is 0. The van der Waals surface area contributed by atoms with Crippen LogP contribution < -0.4 is 4.74 Å². The summed E-state index contributed by atoms with van der Waals surface area (Å²) >= 11 is 5.82. The minimum atomic E-state index is 0.896. The normalized spacial score (nSPS) is 9.92. The maximum absolute atomic E-state index is 5.13. The van der Waals surface area contributed by atoms with Crippen molar-refractivity contribution in [3.8, 4) is 5.75 Å². The molecule has 0 spiro atoms. The Morgan fingerprint density at radius 1 is 1.50 bits per heavy atom. The molecule has 0 N–H and O–H groups in total. The Morgan fingerprint density at radius 2 is 2.25 bits per heavy atom. The molecule has 0 fully saturated rings. The van der Waals surface area contributed by atoms with Gasteiger partial charge in [-0.2, -0.15) is 0 Å². The van der Waals surface area contributed by atoms with Crippen molar-refractivity contribution in [3.63, 3.8) is 0 Å². The van der Waals surface area contributed by atoms with Gasteiger partial charge >= 0.3 is 0 Å². The monoisotopic (exact) mass is 340 g/mol. The Morgan fingerprint density at radius 3 is 2.75 bits per heavy atom. The number of rotatable bonds is 3. The summed E-state index contributed by atoms with van der Waals surface area (Å²) in [4.78, 5) is 0. The van der Waals surface area contributed by atoms with E-state index in [1.807, 2.05) is 6.07 Å². The maximum atomic E-state index is 5.13.